The Morgan fingerprint density at radius 2 is 1.91 bits per heavy atom. The zero-order chi connectivity index (χ0) is 8.48. The molecule has 1 aliphatic heterocycles. The van der Waals surface area contributed by atoms with Crippen LogP contribution in [0.4, 0.5) is 0 Å². The molecule has 5 heteroatoms. The number of nitro groups is 1. The average molecular weight is 161 g/mol. The fourth-order valence-corrected chi connectivity index (χ4v) is 0.805. The molecule has 0 saturated carbocycles. The molecule has 0 aliphatic carbocycles. The summed E-state index contributed by atoms with van der Waals surface area (Å²) in [5, 5.41) is 10.2. The summed E-state index contributed by atoms with van der Waals surface area (Å²) in [5.74, 6) is -0.660. The van der Waals surface area contributed by atoms with E-state index in [9.17, 15) is 10.1 Å². The third kappa shape index (κ3) is 2.13. The Morgan fingerprint density at radius 3 is 2.27 bits per heavy atom. The van der Waals surface area contributed by atoms with Gasteiger partial charge in [-0.05, 0) is 13.8 Å². The van der Waals surface area contributed by atoms with Gasteiger partial charge in [-0.3, -0.25) is 10.1 Å². The van der Waals surface area contributed by atoms with E-state index in [4.69, 9.17) is 9.47 Å². The first-order valence-electron chi connectivity index (χ1n) is 3.43. The van der Waals surface area contributed by atoms with Crippen LogP contribution in [0.2, 0.25) is 0 Å². The highest BCUT2D eigenvalue weighted by Crippen LogP contribution is 2.17. The average Bonchev–Trinajstić information content (AvgIpc) is 1.86. The van der Waals surface area contributed by atoms with Crippen molar-refractivity contribution in [3.63, 3.8) is 0 Å². The monoisotopic (exact) mass is 161 g/mol. The molecule has 1 saturated heterocycles. The van der Waals surface area contributed by atoms with Gasteiger partial charge >= 0.3 is 0 Å². The number of hydrogen-bond acceptors (Lipinski definition) is 4. The lowest BCUT2D eigenvalue weighted by atomic mass is 10.3. The normalized spacial score (nSPS) is 24.9. The van der Waals surface area contributed by atoms with E-state index in [1.165, 1.54) is 0 Å². The van der Waals surface area contributed by atoms with E-state index in [2.05, 4.69) is 0 Å². The van der Waals surface area contributed by atoms with Gasteiger partial charge in [-0.2, -0.15) is 0 Å². The van der Waals surface area contributed by atoms with E-state index in [0.717, 1.165) is 0 Å². The predicted octanol–water partition coefficient (Wildman–Crippen LogP) is 0.415. The first-order valence-corrected chi connectivity index (χ1v) is 3.43. The summed E-state index contributed by atoms with van der Waals surface area (Å²) < 4.78 is 10.2. The zero-order valence-electron chi connectivity index (χ0n) is 6.57. The van der Waals surface area contributed by atoms with Crippen molar-refractivity contribution in [1.29, 1.82) is 0 Å². The van der Waals surface area contributed by atoms with Crippen molar-refractivity contribution in [2.24, 2.45) is 0 Å². The van der Waals surface area contributed by atoms with Gasteiger partial charge in [0.25, 0.3) is 6.04 Å². The Bertz CT molecular complexity index is 158. The number of nitrogens with zero attached hydrogens (tertiary/aromatic N) is 1. The molecule has 0 radical (unpaired) electrons. The second-order valence-corrected chi connectivity index (χ2v) is 2.96. The van der Waals surface area contributed by atoms with Gasteiger partial charge in [-0.25, -0.2) is 0 Å². The molecule has 64 valence electrons. The maximum atomic E-state index is 10.2. The fourth-order valence-electron chi connectivity index (χ4n) is 0.805. The largest absolute Gasteiger partial charge is 0.343 e. The molecular formula is C6H11NO4. The molecule has 11 heavy (non-hydrogen) atoms. The third-order valence-electron chi connectivity index (χ3n) is 1.54. The van der Waals surface area contributed by atoms with Crippen LogP contribution in [0.15, 0.2) is 0 Å². The standard InChI is InChI=1S/C6H11NO4/c1-6(2)10-3-5(4-11-6)7(8)9/h5H,3-4H2,1-2H3. The first kappa shape index (κ1) is 8.42. The van der Waals surface area contributed by atoms with Crippen LogP contribution in [0.25, 0.3) is 0 Å². The molecule has 0 aromatic rings. The van der Waals surface area contributed by atoms with Crippen molar-refractivity contribution in [3.05, 3.63) is 10.1 Å². The number of hydrogen-bond donors (Lipinski definition) is 0. The summed E-state index contributed by atoms with van der Waals surface area (Å²) in [6.45, 7) is 3.76. The van der Waals surface area contributed by atoms with Crippen molar-refractivity contribution in [2.75, 3.05) is 13.2 Å². The van der Waals surface area contributed by atoms with Crippen molar-refractivity contribution >= 4 is 0 Å². The highest BCUT2D eigenvalue weighted by Gasteiger charge is 2.34. The summed E-state index contributed by atoms with van der Waals surface area (Å²) in [5.41, 5.74) is 0. The Kier molecular flexibility index (Phi) is 2.10. The van der Waals surface area contributed by atoms with Crippen LogP contribution in [0, 0.1) is 10.1 Å². The molecule has 0 amide bonds. The van der Waals surface area contributed by atoms with Crippen molar-refractivity contribution < 1.29 is 14.4 Å². The van der Waals surface area contributed by atoms with Crippen LogP contribution in [-0.4, -0.2) is 30.0 Å². The molecule has 0 unspecified atom stereocenters. The topological polar surface area (TPSA) is 61.6 Å². The summed E-state index contributed by atoms with van der Waals surface area (Å²) in [4.78, 5) is 9.83. The molecular weight excluding hydrogens is 150 g/mol. The Hall–Kier alpha value is -0.680. The molecule has 0 aromatic heterocycles. The smallest absolute Gasteiger partial charge is 0.259 e. The number of rotatable bonds is 1. The lowest BCUT2D eigenvalue weighted by molar-refractivity contribution is -0.548. The minimum atomic E-state index is -0.706. The van der Waals surface area contributed by atoms with Gasteiger partial charge in [0.05, 0.1) is 0 Å². The SMILES string of the molecule is CC1(C)OCC([N+](=O)[O-])CO1. The highest BCUT2D eigenvalue weighted by atomic mass is 16.7. The van der Waals surface area contributed by atoms with Crippen LogP contribution in [0.3, 0.4) is 0 Å². The molecule has 0 atom stereocenters. The van der Waals surface area contributed by atoms with Crippen LogP contribution < -0.4 is 0 Å². The van der Waals surface area contributed by atoms with E-state index >= 15 is 0 Å². The van der Waals surface area contributed by atoms with Gasteiger partial charge in [0.15, 0.2) is 5.79 Å². The van der Waals surface area contributed by atoms with E-state index in [0.29, 0.717) is 0 Å². The second-order valence-electron chi connectivity index (χ2n) is 2.96. The first-order chi connectivity index (χ1) is 5.01. The maximum absolute atomic E-state index is 10.2. The summed E-state index contributed by atoms with van der Waals surface area (Å²) in [7, 11) is 0. The van der Waals surface area contributed by atoms with Crippen LogP contribution in [0.5, 0.6) is 0 Å². The fraction of sp³-hybridized carbons (Fsp3) is 1.00. The molecule has 5 nitrogen and oxygen atoms in total. The molecule has 0 bridgehead atoms. The molecule has 0 aromatic carbocycles. The van der Waals surface area contributed by atoms with Gasteiger partial charge < -0.3 is 9.47 Å². The van der Waals surface area contributed by atoms with Gasteiger partial charge in [-0.15, -0.1) is 0 Å². The van der Waals surface area contributed by atoms with Gasteiger partial charge in [0.1, 0.15) is 13.2 Å². The van der Waals surface area contributed by atoms with Crippen LogP contribution >= 0.6 is 0 Å². The van der Waals surface area contributed by atoms with E-state index in [-0.39, 0.29) is 18.1 Å². The van der Waals surface area contributed by atoms with Crippen molar-refractivity contribution in [2.45, 2.75) is 25.7 Å². The van der Waals surface area contributed by atoms with E-state index in [1.807, 2.05) is 0 Å². The molecule has 0 spiro atoms. The third-order valence-corrected chi connectivity index (χ3v) is 1.54. The summed E-state index contributed by atoms with van der Waals surface area (Å²) >= 11 is 0. The molecule has 0 N–H and O–H groups in total. The molecule has 1 aliphatic rings. The summed E-state index contributed by atoms with van der Waals surface area (Å²) in [6.07, 6.45) is 0. The Morgan fingerprint density at radius 1 is 1.45 bits per heavy atom. The van der Waals surface area contributed by atoms with E-state index < -0.39 is 11.8 Å². The van der Waals surface area contributed by atoms with Crippen molar-refractivity contribution in [1.82, 2.24) is 0 Å². The van der Waals surface area contributed by atoms with E-state index in [1.54, 1.807) is 13.8 Å². The van der Waals surface area contributed by atoms with Crippen molar-refractivity contribution in [3.8, 4) is 0 Å². The van der Waals surface area contributed by atoms with Gasteiger partial charge in [0.2, 0.25) is 0 Å². The maximum Gasteiger partial charge on any atom is 0.259 e. The zero-order valence-corrected chi connectivity index (χ0v) is 6.57. The molecule has 1 fully saturated rings. The summed E-state index contributed by atoms with van der Waals surface area (Å²) in [6, 6.07) is -0.706. The quantitative estimate of drug-likeness (QED) is 0.413. The molecule has 1 rings (SSSR count). The second kappa shape index (κ2) is 2.75. The molecule has 1 heterocycles. The Balaban J connectivity index is 2.42. The van der Waals surface area contributed by atoms with Crippen LogP contribution in [0.1, 0.15) is 13.8 Å². The van der Waals surface area contributed by atoms with Gasteiger partial charge in [0, 0.05) is 4.92 Å². The Labute approximate surface area is 64.4 Å². The van der Waals surface area contributed by atoms with Crippen LogP contribution in [-0.2, 0) is 9.47 Å². The minimum Gasteiger partial charge on any atom is -0.343 e. The highest BCUT2D eigenvalue weighted by molar-refractivity contribution is 4.65. The lowest BCUT2D eigenvalue weighted by Crippen LogP contribution is -2.45. The lowest BCUT2D eigenvalue weighted by Gasteiger charge is -2.31. The number of ether oxygens (including phenoxy) is 2. The van der Waals surface area contributed by atoms with Gasteiger partial charge in [-0.1, -0.05) is 0 Å². The predicted molar refractivity (Wildman–Crippen MR) is 36.8 cm³/mol. The minimum absolute atomic E-state index is 0.139.